The first-order chi connectivity index (χ1) is 3.63. The van der Waals surface area contributed by atoms with Gasteiger partial charge in [-0.25, -0.2) is 9.59 Å². The van der Waals surface area contributed by atoms with Crippen LogP contribution < -0.4 is 0 Å². The fraction of sp³-hybridized carbons (Fsp3) is 0. The van der Waals surface area contributed by atoms with Crippen molar-refractivity contribution in [2.24, 2.45) is 0 Å². The Morgan fingerprint density at radius 1 is 1.00 bits per heavy atom. The van der Waals surface area contributed by atoms with Crippen molar-refractivity contribution < 1.29 is 19.8 Å². The van der Waals surface area contributed by atoms with Gasteiger partial charge >= 0.3 is 11.9 Å². The first-order valence-electron chi connectivity index (χ1n) is 1.77. The minimum absolute atomic E-state index is 0. The van der Waals surface area contributed by atoms with Crippen molar-refractivity contribution in [3.05, 3.63) is 12.2 Å². The summed E-state index contributed by atoms with van der Waals surface area (Å²) in [6.07, 6.45) is 1.12. The second-order valence-corrected chi connectivity index (χ2v) is 1.01. The number of hydrogen-bond donors (Lipinski definition) is 2. The van der Waals surface area contributed by atoms with Gasteiger partial charge in [0.15, 0.2) is 0 Å². The van der Waals surface area contributed by atoms with Gasteiger partial charge in [0.2, 0.25) is 0 Å². The number of carboxylic acid groups (broad SMARTS) is 2. The molecule has 0 saturated carbocycles. The Kier molecular flexibility index (Phi) is 7.20. The second kappa shape index (κ2) is 5.70. The average molecular weight is 325 g/mol. The zero-order chi connectivity index (χ0) is 6.57. The van der Waals surface area contributed by atoms with Crippen molar-refractivity contribution >= 4 is 38.1 Å². The van der Waals surface area contributed by atoms with Crippen molar-refractivity contribution in [1.82, 2.24) is 0 Å². The van der Waals surface area contributed by atoms with Crippen molar-refractivity contribution in [2.45, 2.75) is 0 Å². The van der Waals surface area contributed by atoms with Gasteiger partial charge in [0.05, 0.1) is 0 Å². The van der Waals surface area contributed by atoms with Crippen LogP contribution in [-0.4, -0.2) is 48.4 Å². The summed E-state index contributed by atoms with van der Waals surface area (Å²) < 4.78 is 0. The molecule has 5 heteroatoms. The Balaban J connectivity index is 0. The maximum Gasteiger partial charge on any atom is 0.328 e. The van der Waals surface area contributed by atoms with E-state index in [1.807, 2.05) is 0 Å². The van der Waals surface area contributed by atoms with E-state index in [0.29, 0.717) is 12.2 Å². The topological polar surface area (TPSA) is 74.6 Å². The van der Waals surface area contributed by atoms with E-state index in [-0.39, 0.29) is 26.2 Å². The molecule has 0 unspecified atom stereocenters. The number of carbonyl (C=O) groups is 2. The van der Waals surface area contributed by atoms with Crippen LogP contribution in [0.15, 0.2) is 12.2 Å². The van der Waals surface area contributed by atoms with Gasteiger partial charge in [-0.15, -0.1) is 0 Å². The minimum Gasteiger partial charge on any atom is -0.478 e. The standard InChI is InChI=1S/C4H4O4.Bi/c5-3(6)1-2-4(7)8;/h1-2H,(H,5,6)(H,7,8);/b2-1-;. The molecule has 0 aromatic heterocycles. The van der Waals surface area contributed by atoms with Crippen molar-refractivity contribution in [2.75, 3.05) is 0 Å². The second-order valence-electron chi connectivity index (χ2n) is 1.01. The average Bonchev–Trinajstić information content (AvgIpc) is 1.61. The van der Waals surface area contributed by atoms with E-state index in [0.717, 1.165) is 0 Å². The third-order valence-corrected chi connectivity index (χ3v) is 0.368. The van der Waals surface area contributed by atoms with Crippen molar-refractivity contribution in [3.63, 3.8) is 0 Å². The Morgan fingerprint density at radius 2 is 1.22 bits per heavy atom. The third kappa shape index (κ3) is 11.2. The molecule has 0 aliphatic carbocycles. The molecule has 4 nitrogen and oxygen atoms in total. The Hall–Kier alpha value is -0.437. The molecular weight excluding hydrogens is 321 g/mol. The van der Waals surface area contributed by atoms with Crippen molar-refractivity contribution in [1.29, 1.82) is 0 Å². The predicted octanol–water partition coefficient (Wildman–Crippen LogP) is -0.669. The minimum atomic E-state index is -1.26. The summed E-state index contributed by atoms with van der Waals surface area (Å²) in [4.78, 5) is 19.1. The Bertz CT molecular complexity index is 124. The molecule has 0 aliphatic rings. The molecule has 0 spiro atoms. The summed E-state index contributed by atoms with van der Waals surface area (Å²) in [5, 5.41) is 15.6. The molecule has 0 saturated heterocycles. The molecule has 0 heterocycles. The summed E-state index contributed by atoms with van der Waals surface area (Å²) >= 11 is 0. The molecule has 0 amide bonds. The molecule has 0 rings (SSSR count). The molecule has 0 aromatic carbocycles. The SMILES string of the molecule is O=C(O)/C=C\C(=O)O.[Bi]. The summed E-state index contributed by atoms with van der Waals surface area (Å²) in [5.41, 5.74) is 0. The van der Waals surface area contributed by atoms with E-state index < -0.39 is 11.9 Å². The maximum atomic E-state index is 9.55. The number of hydrogen-bond acceptors (Lipinski definition) is 2. The molecule has 3 radical (unpaired) electrons. The van der Waals surface area contributed by atoms with Crippen LogP contribution in [-0.2, 0) is 9.59 Å². The molecule has 0 aliphatic heterocycles. The number of aliphatic carboxylic acids is 2. The van der Waals surface area contributed by atoms with Crippen LogP contribution >= 0.6 is 0 Å². The number of carboxylic acids is 2. The van der Waals surface area contributed by atoms with E-state index in [9.17, 15) is 9.59 Å². The molecule has 49 valence electrons. The van der Waals surface area contributed by atoms with Gasteiger partial charge in [0.1, 0.15) is 0 Å². The van der Waals surface area contributed by atoms with Crippen LogP contribution in [0.3, 0.4) is 0 Å². The molecule has 0 bridgehead atoms. The third-order valence-electron chi connectivity index (χ3n) is 0.368. The predicted molar refractivity (Wildman–Crippen MR) is 30.2 cm³/mol. The summed E-state index contributed by atoms with van der Waals surface area (Å²) in [6, 6.07) is 0. The molecule has 0 atom stereocenters. The van der Waals surface area contributed by atoms with Gasteiger partial charge in [-0.2, -0.15) is 0 Å². The van der Waals surface area contributed by atoms with Crippen LogP contribution in [0, 0.1) is 0 Å². The quantitative estimate of drug-likeness (QED) is 0.522. The summed E-state index contributed by atoms with van der Waals surface area (Å²) in [5.74, 6) is -2.51. The molecule has 0 aromatic rings. The largest absolute Gasteiger partial charge is 0.478 e. The van der Waals surface area contributed by atoms with Crippen LogP contribution in [0.4, 0.5) is 0 Å². The Morgan fingerprint density at radius 3 is 1.33 bits per heavy atom. The smallest absolute Gasteiger partial charge is 0.328 e. The van der Waals surface area contributed by atoms with Crippen LogP contribution in [0.1, 0.15) is 0 Å². The zero-order valence-electron chi connectivity index (χ0n) is 4.31. The van der Waals surface area contributed by atoms with Gasteiger partial charge in [-0.1, -0.05) is 0 Å². The van der Waals surface area contributed by atoms with E-state index in [1.54, 1.807) is 0 Å². The van der Waals surface area contributed by atoms with Crippen LogP contribution in [0.25, 0.3) is 0 Å². The normalized spacial score (nSPS) is 8.44. The van der Waals surface area contributed by atoms with Gasteiger partial charge in [-0.05, 0) is 0 Å². The summed E-state index contributed by atoms with van der Waals surface area (Å²) in [6.45, 7) is 0. The van der Waals surface area contributed by atoms with E-state index >= 15 is 0 Å². The molecular formula is C4H4BiO4. The summed E-state index contributed by atoms with van der Waals surface area (Å²) in [7, 11) is 0. The first-order valence-corrected chi connectivity index (χ1v) is 1.77. The molecule has 9 heavy (non-hydrogen) atoms. The van der Waals surface area contributed by atoms with Gasteiger partial charge in [-0.3, -0.25) is 0 Å². The molecule has 2 N–H and O–H groups in total. The molecule has 0 fully saturated rings. The van der Waals surface area contributed by atoms with Crippen LogP contribution in [0.5, 0.6) is 0 Å². The zero-order valence-corrected chi connectivity index (χ0v) is 7.79. The fourth-order valence-corrected chi connectivity index (χ4v) is 0.143. The van der Waals surface area contributed by atoms with Gasteiger partial charge < -0.3 is 10.2 Å². The fourth-order valence-electron chi connectivity index (χ4n) is 0.143. The first kappa shape index (κ1) is 11.4. The maximum absolute atomic E-state index is 9.55. The number of rotatable bonds is 2. The van der Waals surface area contributed by atoms with Gasteiger partial charge in [0.25, 0.3) is 0 Å². The Labute approximate surface area is 70.3 Å². The monoisotopic (exact) mass is 325 g/mol. The van der Waals surface area contributed by atoms with Gasteiger partial charge in [0, 0.05) is 38.4 Å². The van der Waals surface area contributed by atoms with E-state index in [1.165, 1.54) is 0 Å². The van der Waals surface area contributed by atoms with E-state index in [2.05, 4.69) is 0 Å². The van der Waals surface area contributed by atoms with Crippen LogP contribution in [0.2, 0.25) is 0 Å². The van der Waals surface area contributed by atoms with Crippen molar-refractivity contribution in [3.8, 4) is 0 Å². The van der Waals surface area contributed by atoms with E-state index in [4.69, 9.17) is 10.2 Å².